The molecular formula is C17H16N2O3. The first kappa shape index (κ1) is 14.1. The Labute approximate surface area is 128 Å². The molecule has 5 heteroatoms. The Morgan fingerprint density at radius 2 is 1.91 bits per heavy atom. The van der Waals surface area contributed by atoms with Crippen LogP contribution in [0.5, 0.6) is 5.75 Å². The summed E-state index contributed by atoms with van der Waals surface area (Å²) < 4.78 is 5.50. The van der Waals surface area contributed by atoms with Crippen LogP contribution in [0.15, 0.2) is 48.5 Å². The lowest BCUT2D eigenvalue weighted by atomic mass is 10.1. The van der Waals surface area contributed by atoms with Crippen LogP contribution in [0.3, 0.4) is 0 Å². The highest BCUT2D eigenvalue weighted by Gasteiger charge is 2.33. The molecule has 1 aliphatic rings. The fourth-order valence-electron chi connectivity index (χ4n) is 2.26. The van der Waals surface area contributed by atoms with Crippen molar-refractivity contribution >= 4 is 23.2 Å². The Hall–Kier alpha value is -2.82. The van der Waals surface area contributed by atoms with Crippen molar-refractivity contribution in [2.45, 2.75) is 19.4 Å². The predicted molar refractivity (Wildman–Crippen MR) is 83.9 cm³/mol. The molecule has 0 unspecified atom stereocenters. The van der Waals surface area contributed by atoms with Crippen molar-refractivity contribution in [2.75, 3.05) is 10.6 Å². The molecule has 2 aromatic carbocycles. The average molecular weight is 296 g/mol. The maximum atomic E-state index is 12.2. The van der Waals surface area contributed by atoms with Gasteiger partial charge in [0.25, 0.3) is 17.9 Å². The molecule has 3 rings (SSSR count). The number of benzene rings is 2. The summed E-state index contributed by atoms with van der Waals surface area (Å²) in [6.45, 7) is 2.06. The number of amides is 2. The molecule has 22 heavy (non-hydrogen) atoms. The number of rotatable bonds is 3. The molecule has 0 radical (unpaired) electrons. The lowest BCUT2D eigenvalue weighted by Crippen LogP contribution is -2.45. The van der Waals surface area contributed by atoms with Gasteiger partial charge in [0.2, 0.25) is 0 Å². The smallest absolute Gasteiger partial charge is 0.275 e. The molecule has 0 fully saturated rings. The maximum Gasteiger partial charge on any atom is 0.275 e. The molecule has 2 aromatic rings. The molecule has 0 bridgehead atoms. The Bertz CT molecular complexity index is 710. The van der Waals surface area contributed by atoms with Crippen molar-refractivity contribution in [2.24, 2.45) is 0 Å². The van der Waals surface area contributed by atoms with E-state index < -0.39 is 17.9 Å². The zero-order valence-electron chi connectivity index (χ0n) is 12.1. The largest absolute Gasteiger partial charge is 0.468 e. The van der Waals surface area contributed by atoms with Crippen LogP contribution in [0.25, 0.3) is 0 Å². The van der Waals surface area contributed by atoms with Gasteiger partial charge < -0.3 is 15.4 Å². The third kappa shape index (κ3) is 2.79. The molecule has 0 saturated carbocycles. The number of anilines is 2. The molecular weight excluding hydrogens is 280 g/mol. The van der Waals surface area contributed by atoms with Crippen LogP contribution in [0.4, 0.5) is 11.4 Å². The molecule has 0 aromatic heterocycles. The van der Waals surface area contributed by atoms with Crippen molar-refractivity contribution in [3.8, 4) is 5.75 Å². The van der Waals surface area contributed by atoms with Gasteiger partial charge in [0.05, 0.1) is 5.69 Å². The number of hydrogen-bond acceptors (Lipinski definition) is 3. The van der Waals surface area contributed by atoms with E-state index in [4.69, 9.17) is 4.74 Å². The number of para-hydroxylation sites is 2. The van der Waals surface area contributed by atoms with E-state index in [9.17, 15) is 9.59 Å². The van der Waals surface area contributed by atoms with Gasteiger partial charge in [-0.2, -0.15) is 0 Å². The summed E-state index contributed by atoms with van der Waals surface area (Å²) in [4.78, 5) is 24.2. The van der Waals surface area contributed by atoms with E-state index in [0.717, 1.165) is 6.42 Å². The third-order valence-electron chi connectivity index (χ3n) is 3.50. The second-order valence-electron chi connectivity index (χ2n) is 5.02. The van der Waals surface area contributed by atoms with E-state index in [0.29, 0.717) is 17.1 Å². The van der Waals surface area contributed by atoms with Crippen LogP contribution in [-0.2, 0) is 16.0 Å². The van der Waals surface area contributed by atoms with Gasteiger partial charge in [0, 0.05) is 5.69 Å². The first-order chi connectivity index (χ1) is 10.7. The van der Waals surface area contributed by atoms with Crippen LogP contribution in [0.1, 0.15) is 12.5 Å². The summed E-state index contributed by atoms with van der Waals surface area (Å²) in [7, 11) is 0. The maximum absolute atomic E-state index is 12.2. The average Bonchev–Trinajstić information content (AvgIpc) is 2.54. The minimum absolute atomic E-state index is 0.471. The van der Waals surface area contributed by atoms with Gasteiger partial charge in [-0.3, -0.25) is 9.59 Å². The quantitative estimate of drug-likeness (QED) is 0.855. The lowest BCUT2D eigenvalue weighted by Gasteiger charge is -2.24. The number of carbonyl (C=O) groups is 2. The van der Waals surface area contributed by atoms with Crippen molar-refractivity contribution in [3.05, 3.63) is 54.1 Å². The van der Waals surface area contributed by atoms with Crippen molar-refractivity contribution in [3.63, 3.8) is 0 Å². The molecule has 1 atom stereocenters. The molecule has 5 nitrogen and oxygen atoms in total. The van der Waals surface area contributed by atoms with Gasteiger partial charge >= 0.3 is 0 Å². The van der Waals surface area contributed by atoms with E-state index in [1.54, 1.807) is 24.3 Å². The van der Waals surface area contributed by atoms with E-state index in [1.165, 1.54) is 5.56 Å². The highest BCUT2D eigenvalue weighted by molar-refractivity contribution is 6.15. The molecule has 2 N–H and O–H groups in total. The van der Waals surface area contributed by atoms with E-state index in [1.807, 2.05) is 24.3 Å². The van der Waals surface area contributed by atoms with Gasteiger partial charge in [-0.1, -0.05) is 31.2 Å². The van der Waals surface area contributed by atoms with Crippen molar-refractivity contribution in [1.29, 1.82) is 0 Å². The third-order valence-corrected chi connectivity index (χ3v) is 3.50. The molecule has 0 saturated heterocycles. The Morgan fingerprint density at radius 1 is 1.18 bits per heavy atom. The van der Waals surface area contributed by atoms with Gasteiger partial charge in [0.15, 0.2) is 0 Å². The van der Waals surface area contributed by atoms with Gasteiger partial charge in [-0.25, -0.2) is 0 Å². The Morgan fingerprint density at radius 3 is 2.64 bits per heavy atom. The summed E-state index contributed by atoms with van der Waals surface area (Å²) >= 11 is 0. The number of carbonyl (C=O) groups excluding carboxylic acids is 2. The van der Waals surface area contributed by atoms with E-state index in [-0.39, 0.29) is 0 Å². The first-order valence-electron chi connectivity index (χ1n) is 7.13. The van der Waals surface area contributed by atoms with E-state index in [2.05, 4.69) is 17.6 Å². The number of nitrogens with one attached hydrogen (secondary N) is 2. The number of hydrogen-bond donors (Lipinski definition) is 2. The van der Waals surface area contributed by atoms with Crippen LogP contribution < -0.4 is 15.4 Å². The van der Waals surface area contributed by atoms with Crippen LogP contribution in [-0.4, -0.2) is 17.9 Å². The SMILES string of the molecule is CCc1ccc(NC(=O)[C@H]2Oc3ccccc3NC2=O)cc1. The van der Waals surface area contributed by atoms with Crippen LogP contribution in [0.2, 0.25) is 0 Å². The molecule has 112 valence electrons. The standard InChI is InChI=1S/C17H16N2O3/c1-2-11-7-9-12(10-8-11)18-16(20)15-17(21)19-13-5-3-4-6-14(13)22-15/h3-10,15H,2H2,1H3,(H,18,20)(H,19,21)/t15-/m1/s1. The monoisotopic (exact) mass is 296 g/mol. The van der Waals surface area contributed by atoms with Gasteiger partial charge in [-0.05, 0) is 36.2 Å². The second-order valence-corrected chi connectivity index (χ2v) is 5.02. The first-order valence-corrected chi connectivity index (χ1v) is 7.13. The van der Waals surface area contributed by atoms with Gasteiger partial charge in [0.1, 0.15) is 5.75 Å². The zero-order chi connectivity index (χ0) is 15.5. The summed E-state index contributed by atoms with van der Waals surface area (Å²) in [5, 5.41) is 5.37. The second kappa shape index (κ2) is 5.89. The summed E-state index contributed by atoms with van der Waals surface area (Å²) in [5.41, 5.74) is 2.39. The Kier molecular flexibility index (Phi) is 3.78. The minimum Gasteiger partial charge on any atom is -0.468 e. The molecule has 2 amide bonds. The molecule has 0 spiro atoms. The lowest BCUT2D eigenvalue weighted by molar-refractivity contribution is -0.133. The van der Waals surface area contributed by atoms with Crippen LogP contribution >= 0.6 is 0 Å². The molecule has 1 aliphatic heterocycles. The number of fused-ring (bicyclic) bond motifs is 1. The highest BCUT2D eigenvalue weighted by atomic mass is 16.5. The topological polar surface area (TPSA) is 67.4 Å². The summed E-state index contributed by atoms with van der Waals surface area (Å²) in [6.07, 6.45) is -0.264. The fraction of sp³-hybridized carbons (Fsp3) is 0.176. The normalized spacial score (nSPS) is 16.2. The van der Waals surface area contributed by atoms with Crippen LogP contribution in [0, 0.1) is 0 Å². The van der Waals surface area contributed by atoms with Crippen molar-refractivity contribution < 1.29 is 14.3 Å². The van der Waals surface area contributed by atoms with Gasteiger partial charge in [-0.15, -0.1) is 0 Å². The summed E-state index contributed by atoms with van der Waals surface area (Å²) in [6, 6.07) is 14.5. The van der Waals surface area contributed by atoms with E-state index >= 15 is 0 Å². The molecule has 0 aliphatic carbocycles. The minimum atomic E-state index is -1.19. The zero-order valence-corrected chi connectivity index (χ0v) is 12.1. The number of aryl methyl sites for hydroxylation is 1. The predicted octanol–water partition coefficient (Wildman–Crippen LogP) is 2.59. The molecule has 1 heterocycles. The Balaban J connectivity index is 1.73. The van der Waals surface area contributed by atoms with Crippen molar-refractivity contribution in [1.82, 2.24) is 0 Å². The fourth-order valence-corrected chi connectivity index (χ4v) is 2.26. The number of ether oxygens (including phenoxy) is 1. The summed E-state index contributed by atoms with van der Waals surface area (Å²) in [5.74, 6) is -0.471. The highest BCUT2D eigenvalue weighted by Crippen LogP contribution is 2.29.